The molecule has 2 aromatic carbocycles. The van der Waals surface area contributed by atoms with E-state index in [1.54, 1.807) is 0 Å². The van der Waals surface area contributed by atoms with Crippen LogP contribution in [0.2, 0.25) is 5.02 Å². The molecular weight excluding hydrogens is 480 g/mol. The van der Waals surface area contributed by atoms with Crippen molar-refractivity contribution in [3.8, 4) is 5.75 Å². The van der Waals surface area contributed by atoms with E-state index in [-0.39, 0.29) is 6.10 Å². The number of aromatic amines is 1. The maximum atomic E-state index is 9.10. The second-order valence-corrected chi connectivity index (χ2v) is 10.4. The number of aromatic nitrogens is 1. The van der Waals surface area contributed by atoms with E-state index in [0.29, 0.717) is 11.8 Å². The number of hydrogen-bond donors (Lipinski definition) is 3. The van der Waals surface area contributed by atoms with Gasteiger partial charge in [-0.2, -0.15) is 0 Å². The minimum absolute atomic E-state index is 0.232. The zero-order chi connectivity index (χ0) is 25.8. The van der Waals surface area contributed by atoms with Gasteiger partial charge in [-0.25, -0.2) is 9.59 Å². The Labute approximate surface area is 216 Å². The van der Waals surface area contributed by atoms with Crippen molar-refractivity contribution in [1.82, 2.24) is 9.88 Å². The molecule has 0 spiro atoms. The molecule has 1 saturated heterocycles. The highest BCUT2D eigenvalue weighted by molar-refractivity contribution is 6.31. The van der Waals surface area contributed by atoms with Gasteiger partial charge < -0.3 is 24.8 Å². The highest BCUT2D eigenvalue weighted by atomic mass is 35.5. The first-order valence-electron chi connectivity index (χ1n) is 12.4. The number of carboxylic acids is 2. The summed E-state index contributed by atoms with van der Waals surface area (Å²) in [6.07, 6.45) is 7.24. The van der Waals surface area contributed by atoms with Crippen LogP contribution in [0.15, 0.2) is 42.6 Å². The van der Waals surface area contributed by atoms with Crippen molar-refractivity contribution >= 4 is 34.4 Å². The molecule has 36 heavy (non-hydrogen) atoms. The van der Waals surface area contributed by atoms with Gasteiger partial charge >= 0.3 is 11.9 Å². The fourth-order valence-electron chi connectivity index (χ4n) is 5.45. The van der Waals surface area contributed by atoms with E-state index in [1.165, 1.54) is 61.0 Å². The Balaban J connectivity index is 0.000000455. The number of likely N-dealkylation sites (tertiary alicyclic amines) is 1. The number of fused-ring (bicyclic) bond motifs is 2. The van der Waals surface area contributed by atoms with Crippen LogP contribution in [0.1, 0.15) is 49.3 Å². The van der Waals surface area contributed by atoms with Gasteiger partial charge in [-0.1, -0.05) is 29.8 Å². The average Bonchev–Trinajstić information content (AvgIpc) is 3.43. The molecule has 1 atom stereocenters. The fourth-order valence-corrected chi connectivity index (χ4v) is 5.62. The third kappa shape index (κ3) is 6.20. The van der Waals surface area contributed by atoms with Gasteiger partial charge in [0.1, 0.15) is 5.75 Å². The normalized spacial score (nSPS) is 18.1. The van der Waals surface area contributed by atoms with Crippen molar-refractivity contribution in [3.05, 3.63) is 64.3 Å². The summed E-state index contributed by atoms with van der Waals surface area (Å²) < 4.78 is 6.07. The van der Waals surface area contributed by atoms with Gasteiger partial charge in [0.15, 0.2) is 0 Å². The van der Waals surface area contributed by atoms with Crippen LogP contribution in [0.3, 0.4) is 0 Å². The topological polar surface area (TPSA) is 103 Å². The van der Waals surface area contributed by atoms with E-state index >= 15 is 0 Å². The number of ether oxygens (including phenoxy) is 1. The number of aliphatic carboxylic acids is 2. The molecule has 5 rings (SSSR count). The van der Waals surface area contributed by atoms with E-state index in [2.05, 4.69) is 54.2 Å². The van der Waals surface area contributed by atoms with E-state index in [0.717, 1.165) is 22.7 Å². The molecule has 1 unspecified atom stereocenters. The summed E-state index contributed by atoms with van der Waals surface area (Å²) >= 11 is 6.15. The maximum Gasteiger partial charge on any atom is 0.414 e. The van der Waals surface area contributed by atoms with Crippen LogP contribution in [0.5, 0.6) is 5.75 Å². The summed E-state index contributed by atoms with van der Waals surface area (Å²) in [5.74, 6) is -1.19. The number of H-pyrrole nitrogens is 1. The van der Waals surface area contributed by atoms with Gasteiger partial charge in [0.25, 0.3) is 0 Å². The summed E-state index contributed by atoms with van der Waals surface area (Å²) in [4.78, 5) is 24.3. The number of benzene rings is 2. The van der Waals surface area contributed by atoms with E-state index in [1.807, 2.05) is 12.1 Å². The number of nitrogens with zero attached hydrogens (tertiary/aromatic N) is 1. The monoisotopic (exact) mass is 512 g/mol. The van der Waals surface area contributed by atoms with Crippen LogP contribution in [0.4, 0.5) is 0 Å². The quantitative estimate of drug-likeness (QED) is 0.398. The van der Waals surface area contributed by atoms with Crippen LogP contribution in [-0.4, -0.2) is 57.8 Å². The molecule has 0 radical (unpaired) electrons. The first kappa shape index (κ1) is 26.0. The van der Waals surface area contributed by atoms with Gasteiger partial charge in [0.05, 0.1) is 6.10 Å². The number of nitrogens with one attached hydrogen (secondary N) is 1. The minimum Gasteiger partial charge on any atom is -0.491 e. The maximum absolute atomic E-state index is 9.10. The largest absolute Gasteiger partial charge is 0.491 e. The molecule has 1 aliphatic carbocycles. The predicted molar refractivity (Wildman–Crippen MR) is 140 cm³/mol. The first-order chi connectivity index (χ1) is 17.2. The van der Waals surface area contributed by atoms with Crippen molar-refractivity contribution in [3.63, 3.8) is 0 Å². The predicted octanol–water partition coefficient (Wildman–Crippen LogP) is 5.36. The van der Waals surface area contributed by atoms with Crippen LogP contribution in [0, 0.1) is 5.92 Å². The fraction of sp³-hybridized carbons (Fsp3) is 0.429. The summed E-state index contributed by atoms with van der Waals surface area (Å²) in [5.41, 5.74) is 5.56. The van der Waals surface area contributed by atoms with E-state index in [9.17, 15) is 0 Å². The van der Waals surface area contributed by atoms with Gasteiger partial charge in [0, 0.05) is 28.7 Å². The Morgan fingerprint density at radius 2 is 1.83 bits per heavy atom. The second-order valence-electron chi connectivity index (χ2n) is 9.95. The second kappa shape index (κ2) is 11.4. The third-order valence-corrected chi connectivity index (χ3v) is 7.23. The Morgan fingerprint density at radius 3 is 2.50 bits per heavy atom. The van der Waals surface area contributed by atoms with Crippen LogP contribution < -0.4 is 4.74 Å². The zero-order valence-electron chi connectivity index (χ0n) is 20.7. The van der Waals surface area contributed by atoms with Crippen molar-refractivity contribution in [2.45, 2.75) is 51.6 Å². The molecule has 3 aromatic rings. The lowest BCUT2D eigenvalue weighted by Crippen LogP contribution is -2.36. The van der Waals surface area contributed by atoms with E-state index < -0.39 is 11.9 Å². The number of rotatable bonds is 5. The summed E-state index contributed by atoms with van der Waals surface area (Å²) in [6, 6.07) is 12.8. The lowest BCUT2D eigenvalue weighted by Gasteiger charge is -2.33. The molecular formula is C28H33ClN2O5. The van der Waals surface area contributed by atoms with Gasteiger partial charge in [-0.3, -0.25) is 0 Å². The van der Waals surface area contributed by atoms with Crippen molar-refractivity contribution < 1.29 is 24.5 Å². The lowest BCUT2D eigenvalue weighted by atomic mass is 9.88. The van der Waals surface area contributed by atoms with Crippen LogP contribution in [-0.2, 0) is 22.4 Å². The highest BCUT2D eigenvalue weighted by Gasteiger charge is 2.29. The summed E-state index contributed by atoms with van der Waals surface area (Å²) in [5, 5.41) is 16.9. The molecule has 0 bridgehead atoms. The molecule has 0 amide bonds. The Hall–Kier alpha value is -3.03. The van der Waals surface area contributed by atoms with Crippen molar-refractivity contribution in [1.29, 1.82) is 0 Å². The smallest absolute Gasteiger partial charge is 0.414 e. The average molecular weight is 513 g/mol. The van der Waals surface area contributed by atoms with Gasteiger partial charge in [-0.15, -0.1) is 0 Å². The number of carbonyl (C=O) groups is 2. The lowest BCUT2D eigenvalue weighted by molar-refractivity contribution is -0.159. The standard InChI is InChI=1S/C26H31ClN2O.C2H2O4/c1-17(2)30-26-5-3-4-20-12-18(13-23(20)26)16-29-10-8-19(9-11-29)24-15-28-25-14-21(27)6-7-22(24)25;3-1(4)2(5)6/h3-7,14-15,17-19,28H,8-13,16H2,1-2H3;(H,3,4)(H,5,6). The molecule has 7 nitrogen and oxygen atoms in total. The molecule has 1 aromatic heterocycles. The van der Waals surface area contributed by atoms with Gasteiger partial charge in [0.2, 0.25) is 0 Å². The summed E-state index contributed by atoms with van der Waals surface area (Å²) in [6.45, 7) is 7.79. The number of halogens is 1. The SMILES string of the molecule is CC(C)Oc1cccc2c1CC(CN1CCC(c3c[nH]c4cc(Cl)ccc34)CC1)C2.O=C(O)C(=O)O. The number of carboxylic acid groups (broad SMARTS) is 2. The molecule has 1 fully saturated rings. The Kier molecular flexibility index (Phi) is 8.21. The van der Waals surface area contributed by atoms with Crippen LogP contribution >= 0.6 is 11.6 Å². The zero-order valence-corrected chi connectivity index (χ0v) is 21.4. The Bertz CT molecular complexity index is 1220. The first-order valence-corrected chi connectivity index (χ1v) is 12.8. The highest BCUT2D eigenvalue weighted by Crippen LogP contribution is 2.37. The summed E-state index contributed by atoms with van der Waals surface area (Å²) in [7, 11) is 0. The molecule has 2 aliphatic rings. The number of piperidine rings is 1. The minimum atomic E-state index is -1.82. The molecule has 2 heterocycles. The molecule has 1 aliphatic heterocycles. The molecule has 192 valence electrons. The Morgan fingerprint density at radius 1 is 1.11 bits per heavy atom. The van der Waals surface area contributed by atoms with Gasteiger partial charge in [-0.05, 0) is 99.3 Å². The van der Waals surface area contributed by atoms with Crippen LogP contribution in [0.25, 0.3) is 10.9 Å². The van der Waals surface area contributed by atoms with E-state index in [4.69, 9.17) is 36.1 Å². The molecule has 8 heteroatoms. The van der Waals surface area contributed by atoms with Crippen molar-refractivity contribution in [2.75, 3.05) is 19.6 Å². The third-order valence-electron chi connectivity index (χ3n) is 7.00. The molecule has 3 N–H and O–H groups in total. The van der Waals surface area contributed by atoms with Crippen molar-refractivity contribution in [2.24, 2.45) is 5.92 Å². The number of hydrogen-bond acceptors (Lipinski definition) is 4. The molecule has 0 saturated carbocycles.